The van der Waals surface area contributed by atoms with Crippen LogP contribution in [0.3, 0.4) is 0 Å². The van der Waals surface area contributed by atoms with Crippen LogP contribution in [-0.2, 0) is 14.3 Å². The second-order valence-corrected chi connectivity index (χ2v) is 4.97. The van der Waals surface area contributed by atoms with Gasteiger partial charge >= 0.3 is 5.97 Å². The number of carbonyl (C=O) groups is 2. The van der Waals surface area contributed by atoms with Gasteiger partial charge in [0.25, 0.3) is 0 Å². The molecule has 0 bridgehead atoms. The lowest BCUT2D eigenvalue weighted by Crippen LogP contribution is -2.41. The molecule has 0 aliphatic heterocycles. The van der Waals surface area contributed by atoms with Crippen LogP contribution < -0.4 is 0 Å². The van der Waals surface area contributed by atoms with Crippen molar-refractivity contribution in [3.05, 3.63) is 54.6 Å². The van der Waals surface area contributed by atoms with Crippen LogP contribution in [0.15, 0.2) is 49.1 Å². The second kappa shape index (κ2) is 5.87. The van der Waals surface area contributed by atoms with Gasteiger partial charge in [-0.05, 0) is 36.5 Å². The monoisotopic (exact) mass is 270 g/mol. The Morgan fingerprint density at radius 2 is 2.10 bits per heavy atom. The van der Waals surface area contributed by atoms with Gasteiger partial charge in [0.15, 0.2) is 5.78 Å². The molecule has 3 heteroatoms. The lowest BCUT2D eigenvalue weighted by molar-refractivity contribution is -0.157. The molecule has 0 N–H and O–H groups in total. The predicted octanol–water partition coefficient (Wildman–Crippen LogP) is 3.17. The van der Waals surface area contributed by atoms with Gasteiger partial charge in [-0.25, -0.2) is 0 Å². The summed E-state index contributed by atoms with van der Waals surface area (Å²) in [5.74, 6) is -0.653. The molecule has 0 radical (unpaired) electrons. The van der Waals surface area contributed by atoms with Crippen LogP contribution in [0.5, 0.6) is 0 Å². The fourth-order valence-corrected chi connectivity index (χ4v) is 2.65. The van der Waals surface area contributed by atoms with E-state index in [1.54, 1.807) is 12.2 Å². The first kappa shape index (κ1) is 14.3. The van der Waals surface area contributed by atoms with E-state index in [4.69, 9.17) is 4.74 Å². The summed E-state index contributed by atoms with van der Waals surface area (Å²) < 4.78 is 4.82. The molecule has 1 aromatic rings. The van der Waals surface area contributed by atoms with Gasteiger partial charge in [-0.1, -0.05) is 36.4 Å². The second-order valence-electron chi connectivity index (χ2n) is 4.97. The molecule has 0 aromatic heterocycles. The standard InChI is InChI=1S/C17H18O3/c1-3-10-17(16(19)20-2)11-9-14(12-15(17)18)13-7-5-4-6-8-13/h3-8,12H,1,9-11H2,2H3. The third-order valence-corrected chi connectivity index (χ3v) is 3.81. The lowest BCUT2D eigenvalue weighted by Gasteiger charge is -2.31. The van der Waals surface area contributed by atoms with E-state index in [-0.39, 0.29) is 5.78 Å². The number of ether oxygens (including phenoxy) is 1. The van der Waals surface area contributed by atoms with E-state index in [1.807, 2.05) is 30.3 Å². The Morgan fingerprint density at radius 3 is 2.65 bits per heavy atom. The van der Waals surface area contributed by atoms with Crippen molar-refractivity contribution in [3.8, 4) is 0 Å². The van der Waals surface area contributed by atoms with E-state index >= 15 is 0 Å². The number of carbonyl (C=O) groups excluding carboxylic acids is 2. The zero-order valence-corrected chi connectivity index (χ0v) is 11.6. The highest BCUT2D eigenvalue weighted by Crippen LogP contribution is 2.40. The van der Waals surface area contributed by atoms with E-state index in [1.165, 1.54) is 7.11 Å². The van der Waals surface area contributed by atoms with Crippen LogP contribution in [0.1, 0.15) is 24.8 Å². The zero-order chi connectivity index (χ0) is 14.6. The molecule has 1 atom stereocenters. The van der Waals surface area contributed by atoms with Crippen LogP contribution >= 0.6 is 0 Å². The molecule has 1 aliphatic rings. The maximum absolute atomic E-state index is 12.5. The smallest absolute Gasteiger partial charge is 0.320 e. The minimum Gasteiger partial charge on any atom is -0.468 e. The van der Waals surface area contributed by atoms with Gasteiger partial charge in [-0.15, -0.1) is 6.58 Å². The maximum atomic E-state index is 12.5. The fourth-order valence-electron chi connectivity index (χ4n) is 2.65. The van der Waals surface area contributed by atoms with Gasteiger partial charge in [-0.3, -0.25) is 9.59 Å². The molecular formula is C17H18O3. The van der Waals surface area contributed by atoms with Crippen LogP contribution in [-0.4, -0.2) is 18.9 Å². The Kier molecular flexibility index (Phi) is 4.18. The van der Waals surface area contributed by atoms with E-state index in [0.29, 0.717) is 19.3 Å². The third-order valence-electron chi connectivity index (χ3n) is 3.81. The minimum atomic E-state index is -1.09. The molecule has 0 amide bonds. The summed E-state index contributed by atoms with van der Waals surface area (Å²) in [6.07, 6.45) is 4.65. The first-order chi connectivity index (χ1) is 9.64. The van der Waals surface area contributed by atoms with Crippen molar-refractivity contribution in [2.75, 3.05) is 7.11 Å². The zero-order valence-electron chi connectivity index (χ0n) is 11.6. The van der Waals surface area contributed by atoms with E-state index < -0.39 is 11.4 Å². The molecule has 0 saturated carbocycles. The van der Waals surface area contributed by atoms with Gasteiger partial charge in [0, 0.05) is 0 Å². The molecule has 0 saturated heterocycles. The van der Waals surface area contributed by atoms with Gasteiger partial charge in [0.2, 0.25) is 0 Å². The summed E-state index contributed by atoms with van der Waals surface area (Å²) in [7, 11) is 1.32. The summed E-state index contributed by atoms with van der Waals surface area (Å²) in [5, 5.41) is 0. The summed E-state index contributed by atoms with van der Waals surface area (Å²) in [6, 6.07) is 9.75. The molecular weight excluding hydrogens is 252 g/mol. The molecule has 2 rings (SSSR count). The fraction of sp³-hybridized carbons (Fsp3) is 0.294. The molecule has 1 aliphatic carbocycles. The van der Waals surface area contributed by atoms with Crippen molar-refractivity contribution in [3.63, 3.8) is 0 Å². The number of hydrogen-bond donors (Lipinski definition) is 0. The lowest BCUT2D eigenvalue weighted by atomic mass is 9.71. The predicted molar refractivity (Wildman–Crippen MR) is 77.9 cm³/mol. The van der Waals surface area contributed by atoms with Crippen molar-refractivity contribution in [1.82, 2.24) is 0 Å². The number of methoxy groups -OCH3 is 1. The van der Waals surface area contributed by atoms with E-state index in [0.717, 1.165) is 11.1 Å². The molecule has 0 spiro atoms. The average molecular weight is 270 g/mol. The largest absolute Gasteiger partial charge is 0.468 e. The number of hydrogen-bond acceptors (Lipinski definition) is 3. The Balaban J connectivity index is 2.35. The average Bonchev–Trinajstić information content (AvgIpc) is 2.49. The van der Waals surface area contributed by atoms with Gasteiger partial charge in [-0.2, -0.15) is 0 Å². The normalized spacial score (nSPS) is 22.1. The molecule has 0 heterocycles. The van der Waals surface area contributed by atoms with Gasteiger partial charge in [0.05, 0.1) is 7.11 Å². The number of benzene rings is 1. The van der Waals surface area contributed by atoms with Crippen LogP contribution in [0.4, 0.5) is 0 Å². The maximum Gasteiger partial charge on any atom is 0.320 e. The minimum absolute atomic E-state index is 0.186. The van der Waals surface area contributed by atoms with Crippen molar-refractivity contribution >= 4 is 17.3 Å². The summed E-state index contributed by atoms with van der Waals surface area (Å²) in [5.41, 5.74) is 0.909. The Bertz CT molecular complexity index is 557. The topological polar surface area (TPSA) is 43.4 Å². The first-order valence-electron chi connectivity index (χ1n) is 6.64. The SMILES string of the molecule is C=CCC1(C(=O)OC)CCC(c2ccccc2)=CC1=O. The molecule has 0 fully saturated rings. The van der Waals surface area contributed by atoms with Crippen LogP contribution in [0.25, 0.3) is 5.57 Å². The van der Waals surface area contributed by atoms with Crippen molar-refractivity contribution in [1.29, 1.82) is 0 Å². The molecule has 3 nitrogen and oxygen atoms in total. The number of rotatable bonds is 4. The van der Waals surface area contributed by atoms with Crippen LogP contribution in [0.2, 0.25) is 0 Å². The molecule has 1 aromatic carbocycles. The number of allylic oxidation sites excluding steroid dienone is 3. The first-order valence-corrected chi connectivity index (χ1v) is 6.64. The van der Waals surface area contributed by atoms with E-state index in [9.17, 15) is 9.59 Å². The molecule has 104 valence electrons. The van der Waals surface area contributed by atoms with Gasteiger partial charge < -0.3 is 4.74 Å². The van der Waals surface area contributed by atoms with Crippen molar-refractivity contribution < 1.29 is 14.3 Å². The quantitative estimate of drug-likeness (QED) is 0.479. The van der Waals surface area contributed by atoms with Crippen molar-refractivity contribution in [2.24, 2.45) is 5.41 Å². The Labute approximate surface area is 118 Å². The third kappa shape index (κ3) is 2.44. The molecule has 1 unspecified atom stereocenters. The number of esters is 1. The summed E-state index contributed by atoms with van der Waals surface area (Å²) in [6.45, 7) is 3.65. The van der Waals surface area contributed by atoms with E-state index in [2.05, 4.69) is 6.58 Å². The highest BCUT2D eigenvalue weighted by molar-refractivity contribution is 6.13. The highest BCUT2D eigenvalue weighted by atomic mass is 16.5. The summed E-state index contributed by atoms with van der Waals surface area (Å²) in [4.78, 5) is 24.5. The van der Waals surface area contributed by atoms with Crippen LogP contribution in [0, 0.1) is 5.41 Å². The Morgan fingerprint density at radius 1 is 1.40 bits per heavy atom. The number of ketones is 1. The molecule has 20 heavy (non-hydrogen) atoms. The highest BCUT2D eigenvalue weighted by Gasteiger charge is 2.46. The Hall–Kier alpha value is -2.16. The van der Waals surface area contributed by atoms with Gasteiger partial charge in [0.1, 0.15) is 5.41 Å². The van der Waals surface area contributed by atoms with Crippen molar-refractivity contribution in [2.45, 2.75) is 19.3 Å². The summed E-state index contributed by atoms with van der Waals surface area (Å²) >= 11 is 0.